The Morgan fingerprint density at radius 1 is 1.32 bits per heavy atom. The fourth-order valence-corrected chi connectivity index (χ4v) is 4.71. The SMILES string of the molecule is C=CC1CN2CCC1CC2C(OC)c1ccnc2ccc(OC)cc12. The molecule has 3 aliphatic heterocycles. The van der Waals surface area contributed by atoms with Gasteiger partial charge in [-0.2, -0.15) is 0 Å². The van der Waals surface area contributed by atoms with E-state index in [-0.39, 0.29) is 6.10 Å². The molecule has 0 N–H and O–H groups in total. The van der Waals surface area contributed by atoms with E-state index in [1.54, 1.807) is 7.11 Å². The van der Waals surface area contributed by atoms with Crippen LogP contribution in [0.25, 0.3) is 10.9 Å². The second-order valence-corrected chi connectivity index (χ2v) is 7.19. The van der Waals surface area contributed by atoms with Crippen molar-refractivity contribution in [1.82, 2.24) is 9.88 Å². The predicted octanol–water partition coefficient (Wildman–Crippen LogP) is 3.83. The smallest absolute Gasteiger partial charge is 0.119 e. The van der Waals surface area contributed by atoms with Crippen molar-refractivity contribution in [2.45, 2.75) is 25.0 Å². The van der Waals surface area contributed by atoms with Crippen LogP contribution in [0.5, 0.6) is 5.75 Å². The highest BCUT2D eigenvalue weighted by Gasteiger charge is 2.42. The number of benzene rings is 1. The number of aromatic nitrogens is 1. The molecular formula is C21H26N2O2. The summed E-state index contributed by atoms with van der Waals surface area (Å²) in [4.78, 5) is 7.10. The third-order valence-electron chi connectivity index (χ3n) is 6.05. The summed E-state index contributed by atoms with van der Waals surface area (Å²) in [6.45, 7) is 6.29. The molecule has 5 rings (SSSR count). The Bertz CT molecular complexity index is 776. The second-order valence-electron chi connectivity index (χ2n) is 7.19. The lowest BCUT2D eigenvalue weighted by molar-refractivity contribution is -0.0601. The number of methoxy groups -OCH3 is 2. The normalized spacial score (nSPS) is 29.5. The van der Waals surface area contributed by atoms with Gasteiger partial charge in [0.05, 0.1) is 18.7 Å². The first kappa shape index (κ1) is 16.6. The Kier molecular flexibility index (Phi) is 4.48. The summed E-state index contributed by atoms with van der Waals surface area (Å²) in [5.74, 6) is 2.21. The molecule has 1 aromatic carbocycles. The zero-order chi connectivity index (χ0) is 17.4. The van der Waals surface area contributed by atoms with Crippen molar-refractivity contribution in [1.29, 1.82) is 0 Å². The fourth-order valence-electron chi connectivity index (χ4n) is 4.71. The maximum atomic E-state index is 6.04. The molecule has 25 heavy (non-hydrogen) atoms. The van der Waals surface area contributed by atoms with Gasteiger partial charge in [0.15, 0.2) is 0 Å². The largest absolute Gasteiger partial charge is 0.497 e. The average Bonchev–Trinajstić information content (AvgIpc) is 2.68. The summed E-state index contributed by atoms with van der Waals surface area (Å²) < 4.78 is 11.5. The Labute approximate surface area is 149 Å². The Morgan fingerprint density at radius 3 is 2.88 bits per heavy atom. The van der Waals surface area contributed by atoms with Crippen molar-refractivity contribution in [3.05, 3.63) is 48.7 Å². The number of pyridine rings is 1. The maximum Gasteiger partial charge on any atom is 0.119 e. The number of ether oxygens (including phenoxy) is 2. The molecule has 4 nitrogen and oxygen atoms in total. The van der Waals surface area contributed by atoms with E-state index in [2.05, 4.69) is 34.7 Å². The predicted molar refractivity (Wildman–Crippen MR) is 99.8 cm³/mol. The Hall–Kier alpha value is -1.91. The molecule has 2 bridgehead atoms. The van der Waals surface area contributed by atoms with Crippen LogP contribution in [0.2, 0.25) is 0 Å². The number of piperidine rings is 3. The summed E-state index contributed by atoms with van der Waals surface area (Å²) in [6, 6.07) is 8.57. The molecule has 5 atom stereocenters. The molecule has 3 saturated heterocycles. The van der Waals surface area contributed by atoms with Crippen molar-refractivity contribution in [2.24, 2.45) is 11.8 Å². The van der Waals surface area contributed by atoms with E-state index in [4.69, 9.17) is 9.47 Å². The summed E-state index contributed by atoms with van der Waals surface area (Å²) >= 11 is 0. The zero-order valence-electron chi connectivity index (χ0n) is 15.0. The monoisotopic (exact) mass is 338 g/mol. The third kappa shape index (κ3) is 2.83. The second kappa shape index (κ2) is 6.77. The summed E-state index contributed by atoms with van der Waals surface area (Å²) in [7, 11) is 3.53. The van der Waals surface area contributed by atoms with Crippen LogP contribution >= 0.6 is 0 Å². The van der Waals surface area contributed by atoms with Crippen molar-refractivity contribution in [3.63, 3.8) is 0 Å². The van der Waals surface area contributed by atoms with Gasteiger partial charge in [-0.1, -0.05) is 6.08 Å². The minimum atomic E-state index is 0.0474. The molecule has 0 saturated carbocycles. The summed E-state index contributed by atoms with van der Waals surface area (Å²) in [5, 5.41) is 1.12. The topological polar surface area (TPSA) is 34.6 Å². The van der Waals surface area contributed by atoms with E-state index in [1.165, 1.54) is 18.4 Å². The Balaban J connectivity index is 1.72. The molecule has 5 unspecified atom stereocenters. The van der Waals surface area contributed by atoms with Crippen LogP contribution < -0.4 is 4.74 Å². The standard InChI is InChI=1S/C21H26N2O2/c1-4-14-13-23-10-8-15(14)11-20(23)21(25-3)17-7-9-22-19-6-5-16(24-2)12-18(17)19/h4-7,9,12,14-15,20-21H,1,8,10-11,13H2,2-3H3. The molecule has 3 fully saturated rings. The average molecular weight is 338 g/mol. The molecule has 0 amide bonds. The van der Waals surface area contributed by atoms with Crippen molar-refractivity contribution in [3.8, 4) is 5.75 Å². The number of fused-ring (bicyclic) bond motifs is 4. The lowest BCUT2D eigenvalue weighted by Gasteiger charge is -2.51. The summed E-state index contributed by atoms with van der Waals surface area (Å²) in [6.07, 6.45) is 6.52. The highest BCUT2D eigenvalue weighted by Crippen LogP contribution is 2.43. The highest BCUT2D eigenvalue weighted by molar-refractivity contribution is 5.84. The van der Waals surface area contributed by atoms with Gasteiger partial charge in [-0.15, -0.1) is 6.58 Å². The van der Waals surface area contributed by atoms with E-state index in [9.17, 15) is 0 Å². The number of nitrogens with zero attached hydrogens (tertiary/aromatic N) is 2. The van der Waals surface area contributed by atoms with Gasteiger partial charge in [0.1, 0.15) is 5.75 Å². The number of hydrogen-bond donors (Lipinski definition) is 0. The van der Waals surface area contributed by atoms with Crippen LogP contribution in [0.15, 0.2) is 43.1 Å². The minimum absolute atomic E-state index is 0.0474. The Morgan fingerprint density at radius 2 is 2.20 bits per heavy atom. The van der Waals surface area contributed by atoms with Crippen LogP contribution in [0.4, 0.5) is 0 Å². The van der Waals surface area contributed by atoms with E-state index in [0.29, 0.717) is 12.0 Å². The van der Waals surface area contributed by atoms with Crippen LogP contribution in [0, 0.1) is 11.8 Å². The van der Waals surface area contributed by atoms with Crippen LogP contribution in [-0.2, 0) is 4.74 Å². The fraction of sp³-hybridized carbons (Fsp3) is 0.476. The van der Waals surface area contributed by atoms with Gasteiger partial charge >= 0.3 is 0 Å². The lowest BCUT2D eigenvalue weighted by Crippen LogP contribution is -2.55. The number of rotatable bonds is 5. The zero-order valence-corrected chi connectivity index (χ0v) is 15.0. The van der Waals surface area contributed by atoms with Gasteiger partial charge < -0.3 is 9.47 Å². The van der Waals surface area contributed by atoms with E-state index in [0.717, 1.165) is 35.7 Å². The lowest BCUT2D eigenvalue weighted by atomic mass is 9.73. The first-order chi connectivity index (χ1) is 12.2. The van der Waals surface area contributed by atoms with Gasteiger partial charge in [0.2, 0.25) is 0 Å². The summed E-state index contributed by atoms with van der Waals surface area (Å²) in [5.41, 5.74) is 2.19. The molecule has 3 aliphatic rings. The minimum Gasteiger partial charge on any atom is -0.497 e. The van der Waals surface area contributed by atoms with Crippen LogP contribution in [0.1, 0.15) is 24.5 Å². The van der Waals surface area contributed by atoms with Gasteiger partial charge in [-0.05, 0) is 61.1 Å². The van der Waals surface area contributed by atoms with Crippen LogP contribution in [-0.4, -0.2) is 43.2 Å². The van der Waals surface area contributed by atoms with Gasteiger partial charge in [-0.25, -0.2) is 0 Å². The molecular weight excluding hydrogens is 312 g/mol. The van der Waals surface area contributed by atoms with E-state index in [1.807, 2.05) is 25.4 Å². The van der Waals surface area contributed by atoms with E-state index >= 15 is 0 Å². The van der Waals surface area contributed by atoms with E-state index < -0.39 is 0 Å². The highest BCUT2D eigenvalue weighted by atomic mass is 16.5. The quantitative estimate of drug-likeness (QED) is 0.776. The van der Waals surface area contributed by atoms with Gasteiger partial charge in [0.25, 0.3) is 0 Å². The van der Waals surface area contributed by atoms with Crippen molar-refractivity contribution in [2.75, 3.05) is 27.3 Å². The molecule has 4 heteroatoms. The van der Waals surface area contributed by atoms with Gasteiger partial charge in [-0.3, -0.25) is 9.88 Å². The molecule has 2 aromatic rings. The molecule has 0 spiro atoms. The van der Waals surface area contributed by atoms with Gasteiger partial charge in [0, 0.05) is 31.3 Å². The first-order valence-corrected chi connectivity index (χ1v) is 9.07. The number of hydrogen-bond acceptors (Lipinski definition) is 4. The molecule has 132 valence electrons. The van der Waals surface area contributed by atoms with Crippen molar-refractivity contribution >= 4 is 10.9 Å². The van der Waals surface area contributed by atoms with Crippen LogP contribution in [0.3, 0.4) is 0 Å². The molecule has 1 aromatic heterocycles. The molecule has 4 heterocycles. The van der Waals surface area contributed by atoms with Crippen molar-refractivity contribution < 1.29 is 9.47 Å². The molecule has 0 radical (unpaired) electrons. The third-order valence-corrected chi connectivity index (χ3v) is 6.05. The maximum absolute atomic E-state index is 6.04. The first-order valence-electron chi connectivity index (χ1n) is 9.07. The molecule has 0 aliphatic carbocycles.